The molecule has 0 aliphatic carbocycles. The van der Waals surface area contributed by atoms with Gasteiger partial charge in [-0.2, -0.15) is 0 Å². The Morgan fingerprint density at radius 2 is 1.95 bits per heavy atom. The van der Waals surface area contributed by atoms with Crippen molar-refractivity contribution in [1.82, 2.24) is 4.57 Å². The quantitative estimate of drug-likeness (QED) is 0.740. The molecule has 3 nitrogen and oxygen atoms in total. The molecule has 0 bridgehead atoms. The van der Waals surface area contributed by atoms with E-state index in [2.05, 4.69) is 24.4 Å². The summed E-state index contributed by atoms with van der Waals surface area (Å²) in [5, 5.41) is 4.56. The molecule has 1 unspecified atom stereocenters. The summed E-state index contributed by atoms with van der Waals surface area (Å²) < 4.78 is 1.97. The highest BCUT2D eigenvalue weighted by atomic mass is 35.5. The van der Waals surface area contributed by atoms with Gasteiger partial charge in [-0.1, -0.05) is 35.4 Å². The molecule has 0 spiro atoms. The maximum Gasteiger partial charge on any atom is 0.247 e. The fraction of sp³-hybridized carbons (Fsp3) is 0.167. The van der Waals surface area contributed by atoms with Gasteiger partial charge in [0.25, 0.3) is 0 Å². The fourth-order valence-corrected chi connectivity index (χ4v) is 2.73. The topological polar surface area (TPSA) is 34.0 Å². The Morgan fingerprint density at radius 3 is 2.73 bits per heavy atom. The van der Waals surface area contributed by atoms with Gasteiger partial charge in [-0.25, -0.2) is 0 Å². The van der Waals surface area contributed by atoms with Crippen molar-refractivity contribution < 1.29 is 4.79 Å². The number of carbonyl (C=O) groups excluding carboxylic acids is 1. The zero-order valence-corrected chi connectivity index (χ0v) is 13.3. The Balaban J connectivity index is 1.87. The zero-order valence-electron chi connectivity index (χ0n) is 12.5. The lowest BCUT2D eigenvalue weighted by molar-refractivity contribution is -0.118. The van der Waals surface area contributed by atoms with E-state index in [1.807, 2.05) is 42.0 Å². The van der Waals surface area contributed by atoms with Crippen molar-refractivity contribution in [1.29, 1.82) is 0 Å². The van der Waals surface area contributed by atoms with Crippen molar-refractivity contribution in [2.45, 2.75) is 19.9 Å². The van der Waals surface area contributed by atoms with Gasteiger partial charge in [0, 0.05) is 11.7 Å². The summed E-state index contributed by atoms with van der Waals surface area (Å²) in [6.07, 6.45) is 1.95. The standard InChI is InChI=1S/C18H17ClN2O/c1-12-7-8-17-14(11-12)9-10-21(17)13(2)18(22)20-16-6-4-3-5-15(16)19/h3-11,13H,1-2H3,(H,20,22). The number of carbonyl (C=O) groups is 1. The van der Waals surface area contributed by atoms with Crippen molar-refractivity contribution in [3.63, 3.8) is 0 Å². The summed E-state index contributed by atoms with van der Waals surface area (Å²) in [5.41, 5.74) is 2.89. The molecule has 0 fully saturated rings. The number of nitrogens with one attached hydrogen (secondary N) is 1. The Bertz CT molecular complexity index is 838. The number of hydrogen-bond donors (Lipinski definition) is 1. The lowest BCUT2D eigenvalue weighted by atomic mass is 10.2. The minimum absolute atomic E-state index is 0.0915. The number of benzene rings is 2. The lowest BCUT2D eigenvalue weighted by Gasteiger charge is -2.16. The monoisotopic (exact) mass is 312 g/mol. The number of para-hydroxylation sites is 1. The molecular weight excluding hydrogens is 296 g/mol. The molecule has 3 aromatic rings. The van der Waals surface area contributed by atoms with Crippen molar-refractivity contribution >= 4 is 34.1 Å². The van der Waals surface area contributed by atoms with E-state index >= 15 is 0 Å². The van der Waals surface area contributed by atoms with Crippen LogP contribution in [0.2, 0.25) is 5.02 Å². The first-order chi connectivity index (χ1) is 10.6. The number of anilines is 1. The molecule has 1 aromatic heterocycles. The molecule has 1 atom stereocenters. The number of fused-ring (bicyclic) bond motifs is 1. The highest BCUT2D eigenvalue weighted by molar-refractivity contribution is 6.33. The van der Waals surface area contributed by atoms with E-state index in [9.17, 15) is 4.79 Å². The molecule has 22 heavy (non-hydrogen) atoms. The summed E-state index contributed by atoms with van der Waals surface area (Å²) in [6, 6.07) is 15.2. The number of rotatable bonds is 3. The van der Waals surface area contributed by atoms with Crippen molar-refractivity contribution in [2.75, 3.05) is 5.32 Å². The SMILES string of the molecule is Cc1ccc2c(ccn2C(C)C(=O)Nc2ccccc2Cl)c1. The second-order valence-corrected chi connectivity index (χ2v) is 5.84. The van der Waals surface area contributed by atoms with Gasteiger partial charge in [0.2, 0.25) is 5.91 Å². The number of halogens is 1. The average Bonchev–Trinajstić information content (AvgIpc) is 2.91. The summed E-state index contributed by atoms with van der Waals surface area (Å²) in [6.45, 7) is 3.94. The summed E-state index contributed by atoms with van der Waals surface area (Å²) in [4.78, 5) is 12.5. The van der Waals surface area contributed by atoms with E-state index in [0.29, 0.717) is 10.7 Å². The number of nitrogens with zero attached hydrogens (tertiary/aromatic N) is 1. The van der Waals surface area contributed by atoms with Crippen LogP contribution < -0.4 is 5.32 Å². The van der Waals surface area contributed by atoms with E-state index in [4.69, 9.17) is 11.6 Å². The zero-order chi connectivity index (χ0) is 15.7. The maximum atomic E-state index is 12.5. The molecule has 1 amide bonds. The molecule has 1 N–H and O–H groups in total. The van der Waals surface area contributed by atoms with Crippen LogP contribution in [0, 0.1) is 6.92 Å². The number of aryl methyl sites for hydroxylation is 1. The summed E-state index contributed by atoms with van der Waals surface area (Å²) >= 11 is 6.09. The van der Waals surface area contributed by atoms with E-state index < -0.39 is 0 Å². The van der Waals surface area contributed by atoms with Gasteiger partial charge >= 0.3 is 0 Å². The van der Waals surface area contributed by atoms with Gasteiger partial charge in [-0.15, -0.1) is 0 Å². The number of hydrogen-bond acceptors (Lipinski definition) is 1. The molecule has 0 aliphatic heterocycles. The highest BCUT2D eigenvalue weighted by Crippen LogP contribution is 2.24. The molecule has 112 valence electrons. The van der Waals surface area contributed by atoms with Crippen LogP contribution in [0.5, 0.6) is 0 Å². The third-order valence-electron chi connectivity index (χ3n) is 3.80. The molecule has 0 saturated carbocycles. The van der Waals surface area contributed by atoms with Crippen LogP contribution in [0.25, 0.3) is 10.9 Å². The van der Waals surface area contributed by atoms with Crippen molar-refractivity contribution in [3.05, 3.63) is 65.3 Å². The minimum atomic E-state index is -0.323. The van der Waals surface area contributed by atoms with Gasteiger partial charge in [0.1, 0.15) is 6.04 Å². The Kier molecular flexibility index (Phi) is 3.90. The van der Waals surface area contributed by atoms with Gasteiger partial charge in [-0.3, -0.25) is 4.79 Å². The van der Waals surface area contributed by atoms with Crippen LogP contribution in [0.4, 0.5) is 5.69 Å². The average molecular weight is 313 g/mol. The lowest BCUT2D eigenvalue weighted by Crippen LogP contribution is -2.23. The van der Waals surface area contributed by atoms with Gasteiger partial charge in [0.05, 0.1) is 10.7 Å². The van der Waals surface area contributed by atoms with Gasteiger partial charge in [-0.05, 0) is 49.6 Å². The second-order valence-electron chi connectivity index (χ2n) is 5.43. The van der Waals surface area contributed by atoms with Crippen molar-refractivity contribution in [3.8, 4) is 0 Å². The first-order valence-electron chi connectivity index (χ1n) is 7.19. The van der Waals surface area contributed by atoms with Crippen LogP contribution in [0.15, 0.2) is 54.7 Å². The van der Waals surface area contributed by atoms with E-state index in [1.165, 1.54) is 5.56 Å². The van der Waals surface area contributed by atoms with Gasteiger partial charge < -0.3 is 9.88 Å². The van der Waals surface area contributed by atoms with Crippen LogP contribution in [-0.2, 0) is 4.79 Å². The first kappa shape index (κ1) is 14.7. The Hall–Kier alpha value is -2.26. The van der Waals surface area contributed by atoms with E-state index in [-0.39, 0.29) is 11.9 Å². The molecule has 2 aromatic carbocycles. The summed E-state index contributed by atoms with van der Waals surface area (Å²) in [7, 11) is 0. The van der Waals surface area contributed by atoms with E-state index in [1.54, 1.807) is 12.1 Å². The molecule has 3 rings (SSSR count). The van der Waals surface area contributed by atoms with Crippen molar-refractivity contribution in [2.24, 2.45) is 0 Å². The molecular formula is C18H17ClN2O. The van der Waals surface area contributed by atoms with E-state index in [0.717, 1.165) is 10.9 Å². The third kappa shape index (κ3) is 2.72. The van der Waals surface area contributed by atoms with Crippen LogP contribution in [0.1, 0.15) is 18.5 Å². The Labute approximate surface area is 134 Å². The normalized spacial score (nSPS) is 12.3. The number of amides is 1. The predicted molar refractivity (Wildman–Crippen MR) is 91.5 cm³/mol. The Morgan fingerprint density at radius 1 is 1.18 bits per heavy atom. The fourth-order valence-electron chi connectivity index (χ4n) is 2.55. The molecule has 1 heterocycles. The third-order valence-corrected chi connectivity index (χ3v) is 4.13. The summed E-state index contributed by atoms with van der Waals surface area (Å²) in [5.74, 6) is -0.0915. The smallest absolute Gasteiger partial charge is 0.247 e. The highest BCUT2D eigenvalue weighted by Gasteiger charge is 2.17. The molecule has 0 radical (unpaired) electrons. The largest absolute Gasteiger partial charge is 0.335 e. The molecule has 0 aliphatic rings. The minimum Gasteiger partial charge on any atom is -0.335 e. The maximum absolute atomic E-state index is 12.5. The molecule has 4 heteroatoms. The van der Waals surface area contributed by atoms with Crippen LogP contribution in [0.3, 0.4) is 0 Å². The predicted octanol–water partition coefficient (Wildman–Crippen LogP) is 4.80. The van der Waals surface area contributed by atoms with Gasteiger partial charge in [0.15, 0.2) is 0 Å². The van der Waals surface area contributed by atoms with Crippen LogP contribution >= 0.6 is 11.6 Å². The van der Waals surface area contributed by atoms with Crippen LogP contribution in [-0.4, -0.2) is 10.5 Å². The first-order valence-corrected chi connectivity index (χ1v) is 7.56. The second kappa shape index (κ2) is 5.85. The molecule has 0 saturated heterocycles. The number of aromatic nitrogens is 1.